The highest BCUT2D eigenvalue weighted by molar-refractivity contribution is 7.07. The lowest BCUT2D eigenvalue weighted by Gasteiger charge is -2.01. The first-order valence-electron chi connectivity index (χ1n) is 4.21. The molecule has 0 aliphatic carbocycles. The monoisotopic (exact) mass is 223 g/mol. The summed E-state index contributed by atoms with van der Waals surface area (Å²) >= 11 is 1.48. The van der Waals surface area contributed by atoms with Gasteiger partial charge in [0.1, 0.15) is 5.69 Å². The molecule has 0 saturated carbocycles. The van der Waals surface area contributed by atoms with Gasteiger partial charge in [-0.1, -0.05) is 0 Å². The van der Waals surface area contributed by atoms with E-state index >= 15 is 0 Å². The van der Waals surface area contributed by atoms with E-state index in [-0.39, 0.29) is 11.6 Å². The molecule has 0 saturated heterocycles. The Balaban J connectivity index is 1.96. The summed E-state index contributed by atoms with van der Waals surface area (Å²) in [7, 11) is 0. The molecule has 6 nitrogen and oxygen atoms in total. The van der Waals surface area contributed by atoms with Gasteiger partial charge in [-0.05, 0) is 0 Å². The smallest absolute Gasteiger partial charge is 0.271 e. The number of hydrogen-bond acceptors (Lipinski definition) is 5. The van der Waals surface area contributed by atoms with E-state index in [1.165, 1.54) is 17.5 Å². The maximum atomic E-state index is 11.5. The average molecular weight is 223 g/mol. The molecule has 2 aromatic rings. The van der Waals surface area contributed by atoms with Crippen molar-refractivity contribution in [2.45, 2.75) is 6.54 Å². The summed E-state index contributed by atoms with van der Waals surface area (Å²) in [6.45, 7) is 0.390. The zero-order chi connectivity index (χ0) is 10.7. The van der Waals surface area contributed by atoms with Crippen LogP contribution in [0, 0.1) is 0 Å². The quantitative estimate of drug-likeness (QED) is 0.700. The minimum atomic E-state index is -0.280. The molecular weight excluding hydrogens is 214 g/mol. The fraction of sp³-hybridized carbons (Fsp3) is 0.125. The highest BCUT2D eigenvalue weighted by atomic mass is 32.1. The van der Waals surface area contributed by atoms with E-state index in [1.807, 2.05) is 5.38 Å². The van der Waals surface area contributed by atoms with Gasteiger partial charge in [0, 0.05) is 5.38 Å². The normalized spacial score (nSPS) is 10.1. The molecule has 15 heavy (non-hydrogen) atoms. The molecule has 0 atom stereocenters. The molecule has 0 unspecified atom stereocenters. The number of nitrogen functional groups attached to an aromatic ring is 1. The molecule has 0 radical (unpaired) electrons. The number of aromatic amines is 1. The van der Waals surface area contributed by atoms with Crippen molar-refractivity contribution in [1.29, 1.82) is 0 Å². The maximum absolute atomic E-state index is 11.5. The number of amides is 1. The number of nitrogens with two attached hydrogens (primary N) is 1. The summed E-state index contributed by atoms with van der Waals surface area (Å²) in [4.78, 5) is 15.6. The first-order valence-corrected chi connectivity index (χ1v) is 5.16. The largest absolute Gasteiger partial charge is 0.396 e. The van der Waals surface area contributed by atoms with E-state index in [2.05, 4.69) is 20.5 Å². The van der Waals surface area contributed by atoms with Gasteiger partial charge in [-0.2, -0.15) is 5.10 Å². The van der Waals surface area contributed by atoms with Crippen LogP contribution in [0.5, 0.6) is 0 Å². The standard InChI is InChI=1S/C8H9N5OS/c9-6-2-12-13-7(6)8(14)10-1-5-3-15-4-11-5/h2-4H,1,9H2,(H,10,14)(H,12,13). The first-order chi connectivity index (χ1) is 7.27. The number of anilines is 1. The van der Waals surface area contributed by atoms with Crippen molar-refractivity contribution in [2.24, 2.45) is 0 Å². The van der Waals surface area contributed by atoms with Gasteiger partial charge in [0.05, 0.1) is 29.6 Å². The summed E-state index contributed by atoms with van der Waals surface area (Å²) in [5, 5.41) is 10.7. The highest BCUT2D eigenvalue weighted by Crippen LogP contribution is 2.06. The van der Waals surface area contributed by atoms with Gasteiger partial charge in [0.15, 0.2) is 0 Å². The fourth-order valence-corrected chi connectivity index (χ4v) is 1.62. The van der Waals surface area contributed by atoms with Crippen molar-refractivity contribution in [3.63, 3.8) is 0 Å². The molecule has 2 aromatic heterocycles. The number of thiazole rings is 1. The third kappa shape index (κ3) is 2.13. The molecule has 0 aliphatic rings. The SMILES string of the molecule is Nc1cn[nH]c1C(=O)NCc1cscn1. The van der Waals surface area contributed by atoms with Crippen LogP contribution in [0.3, 0.4) is 0 Å². The van der Waals surface area contributed by atoms with Crippen molar-refractivity contribution in [1.82, 2.24) is 20.5 Å². The topological polar surface area (TPSA) is 96.7 Å². The molecule has 7 heteroatoms. The van der Waals surface area contributed by atoms with Gasteiger partial charge in [-0.15, -0.1) is 11.3 Å². The maximum Gasteiger partial charge on any atom is 0.271 e. The molecule has 0 fully saturated rings. The van der Waals surface area contributed by atoms with Crippen LogP contribution >= 0.6 is 11.3 Å². The molecule has 0 aromatic carbocycles. The number of rotatable bonds is 3. The Morgan fingerprint density at radius 3 is 3.13 bits per heavy atom. The van der Waals surface area contributed by atoms with Crippen LogP contribution in [-0.2, 0) is 6.54 Å². The third-order valence-electron chi connectivity index (χ3n) is 1.81. The van der Waals surface area contributed by atoms with Gasteiger partial charge in [-0.3, -0.25) is 9.89 Å². The van der Waals surface area contributed by atoms with E-state index in [1.54, 1.807) is 5.51 Å². The van der Waals surface area contributed by atoms with E-state index in [0.29, 0.717) is 12.2 Å². The lowest BCUT2D eigenvalue weighted by atomic mass is 10.3. The lowest BCUT2D eigenvalue weighted by Crippen LogP contribution is -2.24. The molecule has 0 bridgehead atoms. The number of aromatic nitrogens is 3. The van der Waals surface area contributed by atoms with Crippen LogP contribution in [0.25, 0.3) is 0 Å². The van der Waals surface area contributed by atoms with Gasteiger partial charge in [0.2, 0.25) is 0 Å². The summed E-state index contributed by atoms with van der Waals surface area (Å²) in [5.41, 5.74) is 8.68. The van der Waals surface area contributed by atoms with Gasteiger partial charge < -0.3 is 11.1 Å². The molecule has 2 heterocycles. The summed E-state index contributed by atoms with van der Waals surface area (Å²) in [6.07, 6.45) is 1.40. The van der Waals surface area contributed by atoms with Crippen LogP contribution in [0.15, 0.2) is 17.1 Å². The zero-order valence-corrected chi connectivity index (χ0v) is 8.54. The number of carbonyl (C=O) groups excluding carboxylic acids is 1. The predicted octanol–water partition coefficient (Wildman–Crippen LogP) is 0.378. The van der Waals surface area contributed by atoms with Crippen LogP contribution in [-0.4, -0.2) is 21.1 Å². The third-order valence-corrected chi connectivity index (χ3v) is 2.44. The Morgan fingerprint density at radius 2 is 2.53 bits per heavy atom. The molecule has 0 spiro atoms. The zero-order valence-electron chi connectivity index (χ0n) is 7.73. The van der Waals surface area contributed by atoms with Crippen LogP contribution < -0.4 is 11.1 Å². The number of carbonyl (C=O) groups is 1. The second-order valence-electron chi connectivity index (χ2n) is 2.86. The number of nitrogens with one attached hydrogen (secondary N) is 2. The Kier molecular flexibility index (Phi) is 2.64. The van der Waals surface area contributed by atoms with Gasteiger partial charge in [-0.25, -0.2) is 4.98 Å². The second-order valence-corrected chi connectivity index (χ2v) is 3.58. The summed E-state index contributed by atoms with van der Waals surface area (Å²) in [5.74, 6) is -0.280. The van der Waals surface area contributed by atoms with Crippen molar-refractivity contribution < 1.29 is 4.79 Å². The minimum Gasteiger partial charge on any atom is -0.396 e. The summed E-state index contributed by atoms with van der Waals surface area (Å²) < 4.78 is 0. The Bertz CT molecular complexity index is 449. The summed E-state index contributed by atoms with van der Waals surface area (Å²) in [6, 6.07) is 0. The van der Waals surface area contributed by atoms with Crippen molar-refractivity contribution >= 4 is 22.9 Å². The molecular formula is C8H9N5OS. The Labute approximate surface area is 89.5 Å². The molecule has 0 aliphatic heterocycles. The van der Waals surface area contributed by atoms with Gasteiger partial charge >= 0.3 is 0 Å². The van der Waals surface area contributed by atoms with Crippen molar-refractivity contribution in [2.75, 3.05) is 5.73 Å². The predicted molar refractivity (Wildman–Crippen MR) is 56.3 cm³/mol. The minimum absolute atomic E-state index is 0.280. The number of nitrogens with zero attached hydrogens (tertiary/aromatic N) is 2. The Hall–Kier alpha value is -1.89. The van der Waals surface area contributed by atoms with Crippen LogP contribution in [0.4, 0.5) is 5.69 Å². The Morgan fingerprint density at radius 1 is 1.67 bits per heavy atom. The average Bonchev–Trinajstić information content (AvgIpc) is 2.84. The van der Waals surface area contributed by atoms with Crippen LogP contribution in [0.1, 0.15) is 16.2 Å². The van der Waals surface area contributed by atoms with E-state index in [9.17, 15) is 4.79 Å². The van der Waals surface area contributed by atoms with E-state index in [0.717, 1.165) is 5.69 Å². The highest BCUT2D eigenvalue weighted by Gasteiger charge is 2.11. The van der Waals surface area contributed by atoms with Crippen molar-refractivity contribution in [3.05, 3.63) is 28.5 Å². The number of H-pyrrole nitrogens is 1. The first kappa shape index (κ1) is 9.66. The van der Waals surface area contributed by atoms with E-state index < -0.39 is 0 Å². The molecule has 4 N–H and O–H groups in total. The fourth-order valence-electron chi connectivity index (χ4n) is 1.06. The lowest BCUT2D eigenvalue weighted by molar-refractivity contribution is 0.0946. The number of hydrogen-bond donors (Lipinski definition) is 3. The molecule has 78 valence electrons. The van der Waals surface area contributed by atoms with E-state index in [4.69, 9.17) is 5.73 Å². The van der Waals surface area contributed by atoms with Crippen LogP contribution in [0.2, 0.25) is 0 Å². The molecule has 1 amide bonds. The van der Waals surface area contributed by atoms with Gasteiger partial charge in [0.25, 0.3) is 5.91 Å². The molecule has 2 rings (SSSR count). The second kappa shape index (κ2) is 4.09. The van der Waals surface area contributed by atoms with Crippen molar-refractivity contribution in [3.8, 4) is 0 Å².